The molecule has 1 atom stereocenters. The van der Waals surface area contributed by atoms with Crippen molar-refractivity contribution >= 4 is 5.91 Å². The fourth-order valence-corrected chi connectivity index (χ4v) is 1.43. The quantitative estimate of drug-likeness (QED) is 0.872. The molecule has 0 saturated carbocycles. The number of phenols is 1. The molecule has 1 rings (SSSR count). The number of hydrogen-bond acceptors (Lipinski definition) is 2. The Labute approximate surface area is 96.5 Å². The van der Waals surface area contributed by atoms with Gasteiger partial charge in [0.1, 0.15) is 5.75 Å². The van der Waals surface area contributed by atoms with E-state index in [0.29, 0.717) is 4.90 Å². The van der Waals surface area contributed by atoms with Crippen LogP contribution < -0.4 is 0 Å². The third-order valence-corrected chi connectivity index (χ3v) is 2.53. The maximum atomic E-state index is 12.2. The first-order valence-electron chi connectivity index (χ1n) is 4.87. The summed E-state index contributed by atoms with van der Waals surface area (Å²) < 4.78 is 36.7. The molecule has 94 valence electrons. The van der Waals surface area contributed by atoms with E-state index >= 15 is 0 Å². The molecule has 1 N–H and O–H groups in total. The molecule has 0 spiro atoms. The van der Waals surface area contributed by atoms with Gasteiger partial charge in [0.2, 0.25) is 0 Å². The summed E-state index contributed by atoms with van der Waals surface area (Å²) in [5, 5.41) is 9.50. The van der Waals surface area contributed by atoms with Crippen molar-refractivity contribution in [3.8, 4) is 5.75 Å². The van der Waals surface area contributed by atoms with E-state index < -0.39 is 18.1 Å². The molecule has 17 heavy (non-hydrogen) atoms. The van der Waals surface area contributed by atoms with Gasteiger partial charge in [-0.2, -0.15) is 13.2 Å². The van der Waals surface area contributed by atoms with Crippen molar-refractivity contribution in [2.45, 2.75) is 19.1 Å². The summed E-state index contributed by atoms with van der Waals surface area (Å²) in [5.41, 5.74) is 0.271. The highest BCUT2D eigenvalue weighted by Gasteiger charge is 2.42. The highest BCUT2D eigenvalue weighted by molar-refractivity contribution is 5.82. The number of alkyl halides is 3. The minimum Gasteiger partial charge on any atom is -0.508 e. The molecular formula is C11H12F3NO2. The van der Waals surface area contributed by atoms with Crippen LogP contribution in [0, 0.1) is 0 Å². The number of para-hydroxylation sites is 1. The Morgan fingerprint density at radius 2 is 1.88 bits per heavy atom. The number of aromatic hydroxyl groups is 1. The molecule has 0 radical (unpaired) electrons. The SMILES string of the molecule is CC(c1ccccc1O)N(C)C(=O)C(F)(F)F. The lowest BCUT2D eigenvalue weighted by Gasteiger charge is -2.26. The van der Waals surface area contributed by atoms with Crippen LogP contribution in [0.2, 0.25) is 0 Å². The summed E-state index contributed by atoms with van der Waals surface area (Å²) >= 11 is 0. The zero-order chi connectivity index (χ0) is 13.2. The van der Waals surface area contributed by atoms with E-state index in [0.717, 1.165) is 7.05 Å². The molecule has 1 aromatic carbocycles. The molecular weight excluding hydrogens is 235 g/mol. The van der Waals surface area contributed by atoms with E-state index in [1.807, 2.05) is 0 Å². The Morgan fingerprint density at radius 3 is 2.35 bits per heavy atom. The Balaban J connectivity index is 2.95. The van der Waals surface area contributed by atoms with E-state index in [-0.39, 0.29) is 11.3 Å². The van der Waals surface area contributed by atoms with Crippen LogP contribution in [0.4, 0.5) is 13.2 Å². The normalized spacial score (nSPS) is 13.2. The van der Waals surface area contributed by atoms with E-state index in [1.165, 1.54) is 19.1 Å². The topological polar surface area (TPSA) is 40.5 Å². The van der Waals surface area contributed by atoms with Crippen molar-refractivity contribution < 1.29 is 23.1 Å². The van der Waals surface area contributed by atoms with Crippen LogP contribution in [-0.4, -0.2) is 29.1 Å². The first kappa shape index (κ1) is 13.3. The van der Waals surface area contributed by atoms with E-state index in [2.05, 4.69) is 0 Å². The minimum atomic E-state index is -4.91. The number of amides is 1. The van der Waals surface area contributed by atoms with Gasteiger partial charge >= 0.3 is 12.1 Å². The number of carbonyl (C=O) groups excluding carboxylic acids is 1. The molecule has 1 unspecified atom stereocenters. The summed E-state index contributed by atoms with van der Waals surface area (Å²) in [6.45, 7) is 1.42. The van der Waals surface area contributed by atoms with Crippen molar-refractivity contribution in [2.24, 2.45) is 0 Å². The average Bonchev–Trinajstić information content (AvgIpc) is 2.25. The first-order chi connectivity index (χ1) is 7.75. The summed E-state index contributed by atoms with van der Waals surface area (Å²) in [6.07, 6.45) is -4.91. The lowest BCUT2D eigenvalue weighted by molar-refractivity contribution is -0.186. The Bertz CT molecular complexity index is 417. The Morgan fingerprint density at radius 1 is 1.35 bits per heavy atom. The van der Waals surface area contributed by atoms with Gasteiger partial charge in [-0.3, -0.25) is 4.79 Å². The fraction of sp³-hybridized carbons (Fsp3) is 0.364. The minimum absolute atomic E-state index is 0.137. The highest BCUT2D eigenvalue weighted by atomic mass is 19.4. The van der Waals surface area contributed by atoms with Gasteiger partial charge in [0, 0.05) is 12.6 Å². The van der Waals surface area contributed by atoms with E-state index in [1.54, 1.807) is 12.1 Å². The van der Waals surface area contributed by atoms with Gasteiger partial charge in [0.15, 0.2) is 0 Å². The van der Waals surface area contributed by atoms with Gasteiger partial charge < -0.3 is 10.0 Å². The molecule has 6 heteroatoms. The van der Waals surface area contributed by atoms with Crippen LogP contribution in [0.3, 0.4) is 0 Å². The second kappa shape index (κ2) is 4.65. The summed E-state index contributed by atoms with van der Waals surface area (Å²) in [4.78, 5) is 11.6. The van der Waals surface area contributed by atoms with Crippen LogP contribution >= 0.6 is 0 Å². The Kier molecular flexibility index (Phi) is 3.65. The molecule has 0 fully saturated rings. The van der Waals surface area contributed by atoms with E-state index in [9.17, 15) is 23.1 Å². The lowest BCUT2D eigenvalue weighted by atomic mass is 10.1. The molecule has 0 saturated heterocycles. The number of benzene rings is 1. The third kappa shape index (κ3) is 2.89. The standard InChI is InChI=1S/C11H12F3NO2/c1-7(8-5-3-4-6-9(8)16)15(2)10(17)11(12,13)14/h3-7,16H,1-2H3. The summed E-state index contributed by atoms with van der Waals surface area (Å²) in [7, 11) is 1.05. The number of carbonyl (C=O) groups is 1. The molecule has 3 nitrogen and oxygen atoms in total. The van der Waals surface area contributed by atoms with Gasteiger partial charge in [-0.05, 0) is 13.0 Å². The maximum Gasteiger partial charge on any atom is 0.471 e. The molecule has 1 aromatic rings. The molecule has 0 heterocycles. The van der Waals surface area contributed by atoms with Crippen LogP contribution in [0.1, 0.15) is 18.5 Å². The number of hydrogen-bond donors (Lipinski definition) is 1. The van der Waals surface area contributed by atoms with Crippen LogP contribution in [0.15, 0.2) is 24.3 Å². The van der Waals surface area contributed by atoms with Gasteiger partial charge in [-0.15, -0.1) is 0 Å². The zero-order valence-corrected chi connectivity index (χ0v) is 9.32. The maximum absolute atomic E-state index is 12.2. The molecule has 0 aromatic heterocycles. The number of rotatable bonds is 2. The van der Waals surface area contributed by atoms with Gasteiger partial charge in [-0.25, -0.2) is 0 Å². The van der Waals surface area contributed by atoms with Crippen molar-refractivity contribution in [2.75, 3.05) is 7.05 Å². The zero-order valence-electron chi connectivity index (χ0n) is 9.32. The predicted molar refractivity (Wildman–Crippen MR) is 55.3 cm³/mol. The van der Waals surface area contributed by atoms with E-state index in [4.69, 9.17) is 0 Å². The average molecular weight is 247 g/mol. The number of nitrogens with zero attached hydrogens (tertiary/aromatic N) is 1. The van der Waals surface area contributed by atoms with Crippen LogP contribution in [0.25, 0.3) is 0 Å². The molecule has 0 bridgehead atoms. The molecule has 1 amide bonds. The molecule has 0 aliphatic rings. The largest absolute Gasteiger partial charge is 0.508 e. The molecule has 0 aliphatic heterocycles. The fourth-order valence-electron chi connectivity index (χ4n) is 1.43. The second-order valence-electron chi connectivity index (χ2n) is 3.65. The van der Waals surface area contributed by atoms with Crippen LogP contribution in [-0.2, 0) is 4.79 Å². The van der Waals surface area contributed by atoms with Crippen molar-refractivity contribution in [3.05, 3.63) is 29.8 Å². The second-order valence-corrected chi connectivity index (χ2v) is 3.65. The molecule has 0 aliphatic carbocycles. The lowest BCUT2D eigenvalue weighted by Crippen LogP contribution is -2.39. The smallest absolute Gasteiger partial charge is 0.471 e. The first-order valence-corrected chi connectivity index (χ1v) is 4.87. The third-order valence-electron chi connectivity index (χ3n) is 2.53. The van der Waals surface area contributed by atoms with Crippen molar-refractivity contribution in [1.29, 1.82) is 0 Å². The van der Waals surface area contributed by atoms with Gasteiger partial charge in [0.25, 0.3) is 0 Å². The predicted octanol–water partition coefficient (Wildman–Crippen LogP) is 2.47. The van der Waals surface area contributed by atoms with Crippen LogP contribution in [0.5, 0.6) is 5.75 Å². The summed E-state index contributed by atoms with van der Waals surface area (Å²) in [5.74, 6) is -2.07. The van der Waals surface area contributed by atoms with Crippen molar-refractivity contribution in [3.63, 3.8) is 0 Å². The monoisotopic (exact) mass is 247 g/mol. The Hall–Kier alpha value is -1.72. The number of halogens is 3. The summed E-state index contributed by atoms with van der Waals surface area (Å²) in [6, 6.07) is 5.11. The number of phenolic OH excluding ortho intramolecular Hbond substituents is 1. The highest BCUT2D eigenvalue weighted by Crippen LogP contribution is 2.29. The van der Waals surface area contributed by atoms with Gasteiger partial charge in [-0.1, -0.05) is 18.2 Å². The van der Waals surface area contributed by atoms with Gasteiger partial charge in [0.05, 0.1) is 6.04 Å². The van der Waals surface area contributed by atoms with Crippen molar-refractivity contribution in [1.82, 2.24) is 4.90 Å².